The average Bonchev–Trinajstić information content (AvgIpc) is 2.58. The van der Waals surface area contributed by atoms with Crippen molar-refractivity contribution in [1.29, 1.82) is 0 Å². The van der Waals surface area contributed by atoms with Crippen LogP contribution in [0.25, 0.3) is 0 Å². The minimum atomic E-state index is 0.427. The summed E-state index contributed by atoms with van der Waals surface area (Å²) in [6.07, 6.45) is 1.63. The van der Waals surface area contributed by atoms with Crippen molar-refractivity contribution in [2.24, 2.45) is 0 Å². The van der Waals surface area contributed by atoms with E-state index in [2.05, 4.69) is 20.5 Å². The van der Waals surface area contributed by atoms with E-state index in [-0.39, 0.29) is 0 Å². The zero-order chi connectivity index (χ0) is 16.2. The Hall–Kier alpha value is -2.66. The summed E-state index contributed by atoms with van der Waals surface area (Å²) in [6.45, 7) is 1.99. The molecule has 0 spiro atoms. The van der Waals surface area contributed by atoms with Gasteiger partial charge in [0, 0.05) is 23.4 Å². The molecule has 23 heavy (non-hydrogen) atoms. The van der Waals surface area contributed by atoms with Gasteiger partial charge in [0.05, 0.1) is 6.20 Å². The number of para-hydroxylation sites is 1. The van der Waals surface area contributed by atoms with Crippen LogP contribution >= 0.6 is 11.6 Å². The van der Waals surface area contributed by atoms with E-state index in [9.17, 15) is 0 Å². The number of benzene rings is 2. The lowest BCUT2D eigenvalue weighted by Crippen LogP contribution is -2.13. The Morgan fingerprint density at radius 1 is 1.09 bits per heavy atom. The minimum Gasteiger partial charge on any atom is -0.328 e. The lowest BCUT2D eigenvalue weighted by molar-refractivity contribution is 0.956. The maximum atomic E-state index is 6.04. The summed E-state index contributed by atoms with van der Waals surface area (Å²) < 4.78 is 0. The Balaban J connectivity index is 1.87. The summed E-state index contributed by atoms with van der Waals surface area (Å²) in [5, 5.41) is 11.9. The first-order valence-corrected chi connectivity index (χ1v) is 7.53. The fourth-order valence-electron chi connectivity index (χ4n) is 2.14. The van der Waals surface area contributed by atoms with E-state index in [0.717, 1.165) is 16.9 Å². The first-order valence-electron chi connectivity index (χ1n) is 7.15. The summed E-state index contributed by atoms with van der Waals surface area (Å²) in [4.78, 5) is 6.46. The van der Waals surface area contributed by atoms with E-state index in [4.69, 9.17) is 11.6 Å². The van der Waals surface area contributed by atoms with Crippen molar-refractivity contribution in [3.63, 3.8) is 0 Å². The zero-order valence-electron chi connectivity index (χ0n) is 12.9. The third kappa shape index (κ3) is 3.57. The molecule has 116 valence electrons. The second kappa shape index (κ2) is 6.62. The van der Waals surface area contributed by atoms with Crippen LogP contribution in [0.2, 0.25) is 5.02 Å². The van der Waals surface area contributed by atoms with Crippen LogP contribution in [0.1, 0.15) is 5.56 Å². The highest BCUT2D eigenvalue weighted by atomic mass is 35.5. The Labute approximate surface area is 140 Å². The molecule has 0 fully saturated rings. The number of nitrogens with one attached hydrogen (secondary N) is 1. The van der Waals surface area contributed by atoms with Crippen LogP contribution in [-0.4, -0.2) is 22.2 Å². The maximum Gasteiger partial charge on any atom is 0.249 e. The molecule has 3 aromatic rings. The van der Waals surface area contributed by atoms with Crippen LogP contribution in [0.15, 0.2) is 54.7 Å². The van der Waals surface area contributed by atoms with Crippen LogP contribution in [0.5, 0.6) is 0 Å². The fourth-order valence-corrected chi connectivity index (χ4v) is 2.31. The van der Waals surface area contributed by atoms with Crippen LogP contribution in [0, 0.1) is 6.92 Å². The molecule has 0 aliphatic rings. The van der Waals surface area contributed by atoms with Crippen LogP contribution in [-0.2, 0) is 0 Å². The zero-order valence-corrected chi connectivity index (χ0v) is 13.6. The molecular formula is C17H16ClN5. The molecule has 1 N–H and O–H groups in total. The number of halogens is 1. The summed E-state index contributed by atoms with van der Waals surface area (Å²) in [6, 6.07) is 15.6. The number of rotatable bonds is 4. The lowest BCUT2D eigenvalue weighted by atomic mass is 10.2. The van der Waals surface area contributed by atoms with Gasteiger partial charge < -0.3 is 10.2 Å². The van der Waals surface area contributed by atoms with Crippen LogP contribution < -0.4 is 10.2 Å². The maximum absolute atomic E-state index is 6.04. The predicted octanol–water partition coefficient (Wildman–Crippen LogP) is 4.34. The van der Waals surface area contributed by atoms with E-state index in [0.29, 0.717) is 16.8 Å². The molecule has 1 heterocycles. The van der Waals surface area contributed by atoms with Crippen LogP contribution in [0.3, 0.4) is 0 Å². The first kappa shape index (κ1) is 15.2. The van der Waals surface area contributed by atoms with Gasteiger partial charge in [-0.2, -0.15) is 10.1 Å². The number of hydrogen-bond donors (Lipinski definition) is 1. The second-order valence-electron chi connectivity index (χ2n) is 5.12. The number of hydrogen-bond acceptors (Lipinski definition) is 5. The molecule has 6 heteroatoms. The van der Waals surface area contributed by atoms with Gasteiger partial charge in [0.15, 0.2) is 5.82 Å². The first-order chi connectivity index (χ1) is 11.1. The van der Waals surface area contributed by atoms with Gasteiger partial charge in [0.1, 0.15) is 0 Å². The number of aromatic nitrogens is 3. The van der Waals surface area contributed by atoms with E-state index >= 15 is 0 Å². The Kier molecular flexibility index (Phi) is 4.39. The van der Waals surface area contributed by atoms with Crippen molar-refractivity contribution in [2.45, 2.75) is 6.92 Å². The highest BCUT2D eigenvalue weighted by molar-refractivity contribution is 6.30. The molecule has 0 atom stereocenters. The van der Waals surface area contributed by atoms with Crippen molar-refractivity contribution in [2.75, 3.05) is 17.3 Å². The minimum absolute atomic E-state index is 0.427. The predicted molar refractivity (Wildman–Crippen MR) is 93.8 cm³/mol. The molecular weight excluding hydrogens is 310 g/mol. The van der Waals surface area contributed by atoms with Crippen molar-refractivity contribution < 1.29 is 0 Å². The van der Waals surface area contributed by atoms with Gasteiger partial charge in [-0.3, -0.25) is 0 Å². The quantitative estimate of drug-likeness (QED) is 0.773. The monoisotopic (exact) mass is 325 g/mol. The fraction of sp³-hybridized carbons (Fsp3) is 0.118. The van der Waals surface area contributed by atoms with E-state index in [1.54, 1.807) is 6.20 Å². The highest BCUT2D eigenvalue weighted by Gasteiger charge is 2.09. The molecule has 0 aliphatic carbocycles. The Morgan fingerprint density at radius 3 is 2.65 bits per heavy atom. The third-order valence-corrected chi connectivity index (χ3v) is 3.71. The standard InChI is InChI=1S/C17H16ClN5/c1-12-8-9-13(18)10-15(12)20-17-21-16(11-19-22-17)23(2)14-6-4-3-5-7-14/h3-11H,1-2H3,(H,20,21,22). The molecule has 0 amide bonds. The molecule has 0 unspecified atom stereocenters. The van der Waals surface area contributed by atoms with Gasteiger partial charge in [0.25, 0.3) is 0 Å². The summed E-state index contributed by atoms with van der Waals surface area (Å²) in [5.41, 5.74) is 2.94. The van der Waals surface area contributed by atoms with Crippen molar-refractivity contribution in [3.05, 3.63) is 65.3 Å². The summed E-state index contributed by atoms with van der Waals surface area (Å²) >= 11 is 6.04. The molecule has 5 nitrogen and oxygen atoms in total. The summed E-state index contributed by atoms with van der Waals surface area (Å²) in [5.74, 6) is 1.13. The van der Waals surface area contributed by atoms with E-state index < -0.39 is 0 Å². The van der Waals surface area contributed by atoms with E-state index in [1.165, 1.54) is 0 Å². The number of aryl methyl sites for hydroxylation is 1. The number of anilines is 4. The topological polar surface area (TPSA) is 53.9 Å². The summed E-state index contributed by atoms with van der Waals surface area (Å²) in [7, 11) is 1.94. The molecule has 0 bridgehead atoms. The van der Waals surface area contributed by atoms with E-state index in [1.807, 2.05) is 67.4 Å². The molecule has 0 saturated heterocycles. The van der Waals surface area contributed by atoms with Crippen molar-refractivity contribution >= 4 is 34.7 Å². The van der Waals surface area contributed by atoms with Crippen molar-refractivity contribution in [1.82, 2.24) is 15.2 Å². The third-order valence-electron chi connectivity index (χ3n) is 3.48. The second-order valence-corrected chi connectivity index (χ2v) is 5.55. The van der Waals surface area contributed by atoms with Gasteiger partial charge in [-0.15, -0.1) is 5.10 Å². The van der Waals surface area contributed by atoms with Crippen LogP contribution in [0.4, 0.5) is 23.1 Å². The smallest absolute Gasteiger partial charge is 0.249 e. The largest absolute Gasteiger partial charge is 0.328 e. The van der Waals surface area contributed by atoms with Crippen molar-refractivity contribution in [3.8, 4) is 0 Å². The SMILES string of the molecule is Cc1ccc(Cl)cc1Nc1nncc(N(C)c2ccccc2)n1. The molecule has 1 aromatic heterocycles. The highest BCUT2D eigenvalue weighted by Crippen LogP contribution is 2.24. The molecule has 0 aliphatic heterocycles. The Morgan fingerprint density at radius 2 is 1.87 bits per heavy atom. The van der Waals surface area contributed by atoms with Gasteiger partial charge in [0.2, 0.25) is 5.95 Å². The molecule has 3 rings (SSSR count). The molecule has 0 radical (unpaired) electrons. The molecule has 0 saturated carbocycles. The van der Waals surface area contributed by atoms with Gasteiger partial charge in [-0.05, 0) is 36.8 Å². The van der Waals surface area contributed by atoms with Gasteiger partial charge in [-0.25, -0.2) is 0 Å². The van der Waals surface area contributed by atoms with Gasteiger partial charge >= 0.3 is 0 Å². The number of nitrogens with zero attached hydrogens (tertiary/aromatic N) is 4. The lowest BCUT2D eigenvalue weighted by Gasteiger charge is -2.18. The average molecular weight is 326 g/mol. The Bertz CT molecular complexity index is 807. The molecule has 2 aromatic carbocycles. The van der Waals surface area contributed by atoms with Gasteiger partial charge in [-0.1, -0.05) is 35.9 Å². The normalized spacial score (nSPS) is 10.4.